The number of rotatable bonds is 3. The lowest BCUT2D eigenvalue weighted by molar-refractivity contribution is 0.577. The number of nitrogens with zero attached hydrogens (tertiary/aromatic N) is 3. The second-order valence-electron chi connectivity index (χ2n) is 6.40. The van der Waals surface area contributed by atoms with E-state index in [0.29, 0.717) is 0 Å². The van der Waals surface area contributed by atoms with Crippen LogP contribution in [-0.2, 0) is 23.9 Å². The van der Waals surface area contributed by atoms with E-state index in [1.165, 1.54) is 38.6 Å². The zero-order chi connectivity index (χ0) is 20.9. The Bertz CT molecular complexity index is 1470. The number of aryl methyl sites for hydroxylation is 1. The Morgan fingerprint density at radius 1 is 1.00 bits per heavy atom. The highest BCUT2D eigenvalue weighted by Gasteiger charge is 2.31. The molecule has 0 atom stereocenters. The predicted molar refractivity (Wildman–Crippen MR) is 106 cm³/mol. The van der Waals surface area contributed by atoms with Crippen LogP contribution in [0, 0.1) is 0 Å². The van der Waals surface area contributed by atoms with E-state index in [1.54, 1.807) is 24.3 Å². The van der Waals surface area contributed by atoms with Crippen molar-refractivity contribution in [1.82, 2.24) is 14.1 Å². The number of nitrogens with two attached hydrogens (primary N) is 1. The molecule has 148 valence electrons. The summed E-state index contributed by atoms with van der Waals surface area (Å²) in [7, 11) is -1.43. The van der Waals surface area contributed by atoms with E-state index in [2.05, 4.69) is 4.98 Å². The highest BCUT2D eigenvalue weighted by Crippen LogP contribution is 2.38. The van der Waals surface area contributed by atoms with Crippen LogP contribution in [-0.4, -0.2) is 22.5 Å². The first kappa shape index (κ1) is 18.7. The molecule has 0 radical (unpaired) electrons. The number of benzene rings is 1. The quantitative estimate of drug-likeness (QED) is 0.537. The topological polar surface area (TPSA) is 130 Å². The lowest BCUT2D eigenvalue weighted by Crippen LogP contribution is -2.38. The predicted octanol–water partition coefficient (Wildman–Crippen LogP) is 1.31. The smallest absolute Gasteiger partial charge is 0.332 e. The molecule has 0 amide bonds. The van der Waals surface area contributed by atoms with Crippen LogP contribution in [0.15, 0.2) is 72.5 Å². The lowest BCUT2D eigenvalue weighted by atomic mass is 10.1. The summed E-state index contributed by atoms with van der Waals surface area (Å²) >= 11 is 0. The van der Waals surface area contributed by atoms with E-state index in [1.807, 2.05) is 0 Å². The van der Waals surface area contributed by atoms with Gasteiger partial charge in [0.15, 0.2) is 5.65 Å². The first-order chi connectivity index (χ1) is 13.7. The van der Waals surface area contributed by atoms with Crippen molar-refractivity contribution in [3.63, 3.8) is 0 Å². The van der Waals surface area contributed by atoms with Crippen LogP contribution in [0.2, 0.25) is 0 Å². The third kappa shape index (κ3) is 2.68. The molecule has 0 aliphatic rings. The van der Waals surface area contributed by atoms with Crippen molar-refractivity contribution in [3.8, 4) is 11.3 Å². The van der Waals surface area contributed by atoms with Crippen LogP contribution in [0.4, 0.5) is 5.82 Å². The maximum Gasteiger partial charge on any atom is 0.332 e. The summed E-state index contributed by atoms with van der Waals surface area (Å²) in [6.07, 6.45) is 1.35. The maximum atomic E-state index is 13.4. The zero-order valence-corrected chi connectivity index (χ0v) is 16.3. The molecule has 3 aromatic heterocycles. The van der Waals surface area contributed by atoms with Crippen molar-refractivity contribution in [1.29, 1.82) is 0 Å². The molecule has 9 nitrogen and oxygen atoms in total. The molecular formula is C19H16N4O5S. The number of pyridine rings is 1. The third-order valence-electron chi connectivity index (χ3n) is 4.66. The molecule has 0 unspecified atom stereocenters. The molecule has 0 aliphatic heterocycles. The van der Waals surface area contributed by atoms with E-state index in [0.717, 1.165) is 9.13 Å². The van der Waals surface area contributed by atoms with Crippen LogP contribution in [0.5, 0.6) is 0 Å². The second kappa shape index (κ2) is 6.45. The Hall–Kier alpha value is -3.66. The lowest BCUT2D eigenvalue weighted by Gasteiger charge is -2.16. The number of hydrogen-bond acceptors (Lipinski definition) is 7. The molecule has 0 bridgehead atoms. The molecule has 2 N–H and O–H groups in total. The van der Waals surface area contributed by atoms with Crippen molar-refractivity contribution < 1.29 is 12.8 Å². The molecule has 4 rings (SSSR count). The number of sulfone groups is 1. The minimum Gasteiger partial charge on any atom is -0.464 e. The molecule has 0 saturated heterocycles. The van der Waals surface area contributed by atoms with E-state index in [9.17, 15) is 18.0 Å². The molecule has 1 aromatic carbocycles. The van der Waals surface area contributed by atoms with Crippen LogP contribution < -0.4 is 17.0 Å². The van der Waals surface area contributed by atoms with E-state index in [4.69, 9.17) is 10.2 Å². The van der Waals surface area contributed by atoms with Gasteiger partial charge < -0.3 is 10.2 Å². The summed E-state index contributed by atoms with van der Waals surface area (Å²) in [5, 5.41) is -0.0757. The van der Waals surface area contributed by atoms with E-state index >= 15 is 0 Å². The first-order valence-electron chi connectivity index (χ1n) is 8.48. The van der Waals surface area contributed by atoms with Crippen molar-refractivity contribution >= 4 is 26.7 Å². The van der Waals surface area contributed by atoms with Gasteiger partial charge in [0.25, 0.3) is 5.56 Å². The number of aromatic nitrogens is 3. The molecule has 10 heteroatoms. The van der Waals surface area contributed by atoms with Crippen molar-refractivity contribution in [3.05, 3.63) is 69.6 Å². The second-order valence-corrected chi connectivity index (χ2v) is 8.29. The van der Waals surface area contributed by atoms with Crippen LogP contribution >= 0.6 is 0 Å². The van der Waals surface area contributed by atoms with Gasteiger partial charge in [-0.05, 0) is 24.3 Å². The molecule has 0 aliphatic carbocycles. The maximum absolute atomic E-state index is 13.4. The summed E-state index contributed by atoms with van der Waals surface area (Å²) in [6, 6.07) is 10.7. The van der Waals surface area contributed by atoms with Crippen molar-refractivity contribution in [2.75, 3.05) is 5.73 Å². The van der Waals surface area contributed by atoms with Crippen molar-refractivity contribution in [2.24, 2.45) is 14.1 Å². The number of anilines is 1. The fourth-order valence-corrected chi connectivity index (χ4v) is 4.78. The molecule has 3 heterocycles. The molecular weight excluding hydrogens is 396 g/mol. The van der Waals surface area contributed by atoms with E-state index < -0.39 is 21.1 Å². The van der Waals surface area contributed by atoms with Crippen LogP contribution in [0.3, 0.4) is 0 Å². The normalized spacial score (nSPS) is 11.8. The summed E-state index contributed by atoms with van der Waals surface area (Å²) in [5.41, 5.74) is 4.69. The Labute approximate surface area is 164 Å². The summed E-state index contributed by atoms with van der Waals surface area (Å²) in [5.74, 6) is -0.217. The fourth-order valence-electron chi connectivity index (χ4n) is 3.24. The van der Waals surface area contributed by atoms with Gasteiger partial charge in [0, 0.05) is 14.1 Å². The average Bonchev–Trinajstić information content (AvgIpc) is 3.24. The van der Waals surface area contributed by atoms with Gasteiger partial charge in [0.1, 0.15) is 16.5 Å². The van der Waals surface area contributed by atoms with Gasteiger partial charge in [-0.25, -0.2) is 18.2 Å². The Balaban J connectivity index is 2.29. The molecule has 0 fully saturated rings. The largest absolute Gasteiger partial charge is 0.464 e. The minimum absolute atomic E-state index is 0.0118. The molecule has 4 aromatic rings. The standard InChI is InChI=1S/C19H16N4O5S/c1-22-17-14(18(24)23(2)19(22)25)13(12-9-6-10-28-12)15(16(20)21-17)29(26,27)11-7-4-3-5-8-11/h3-10H,1-2H3,(H2,20,21). The van der Waals surface area contributed by atoms with Gasteiger partial charge in [0.05, 0.1) is 22.1 Å². The van der Waals surface area contributed by atoms with Gasteiger partial charge in [-0.2, -0.15) is 0 Å². The van der Waals surface area contributed by atoms with Gasteiger partial charge in [0.2, 0.25) is 9.84 Å². The number of fused-ring (bicyclic) bond motifs is 1. The third-order valence-corrected chi connectivity index (χ3v) is 6.50. The monoisotopic (exact) mass is 412 g/mol. The summed E-state index contributed by atoms with van der Waals surface area (Å²) in [4.78, 5) is 29.0. The van der Waals surface area contributed by atoms with Crippen LogP contribution in [0.1, 0.15) is 0 Å². The first-order valence-corrected chi connectivity index (χ1v) is 9.96. The minimum atomic E-state index is -4.15. The molecule has 0 spiro atoms. The summed E-state index contributed by atoms with van der Waals surface area (Å²) < 4.78 is 34.3. The Morgan fingerprint density at radius 3 is 2.31 bits per heavy atom. The molecule has 29 heavy (non-hydrogen) atoms. The number of furan rings is 1. The van der Waals surface area contributed by atoms with Gasteiger partial charge in [-0.1, -0.05) is 18.2 Å². The van der Waals surface area contributed by atoms with Gasteiger partial charge in [-0.15, -0.1) is 0 Å². The zero-order valence-electron chi connectivity index (χ0n) is 15.5. The van der Waals surface area contributed by atoms with Crippen LogP contribution in [0.25, 0.3) is 22.4 Å². The Kier molecular flexibility index (Phi) is 4.16. The SMILES string of the molecule is Cn1c(=O)c2c(-c3ccco3)c(S(=O)(=O)c3ccccc3)c(N)nc2n(C)c1=O. The Morgan fingerprint density at radius 2 is 1.69 bits per heavy atom. The van der Waals surface area contributed by atoms with E-state index in [-0.39, 0.29) is 38.0 Å². The number of hydrogen-bond donors (Lipinski definition) is 1. The average molecular weight is 412 g/mol. The van der Waals surface area contributed by atoms with Gasteiger partial charge in [-0.3, -0.25) is 13.9 Å². The summed E-state index contributed by atoms with van der Waals surface area (Å²) in [6.45, 7) is 0. The fraction of sp³-hybridized carbons (Fsp3) is 0.105. The molecule has 0 saturated carbocycles. The highest BCUT2D eigenvalue weighted by molar-refractivity contribution is 7.91. The highest BCUT2D eigenvalue weighted by atomic mass is 32.2. The van der Waals surface area contributed by atoms with Crippen molar-refractivity contribution in [2.45, 2.75) is 9.79 Å². The number of nitrogen functional groups attached to an aromatic ring is 1. The van der Waals surface area contributed by atoms with Gasteiger partial charge >= 0.3 is 5.69 Å².